The van der Waals surface area contributed by atoms with E-state index in [4.69, 9.17) is 27.9 Å². The summed E-state index contributed by atoms with van der Waals surface area (Å²) in [4.78, 5) is 4.16. The van der Waals surface area contributed by atoms with E-state index in [0.717, 1.165) is 17.8 Å². The molecule has 1 aliphatic rings. The van der Waals surface area contributed by atoms with E-state index < -0.39 is 0 Å². The van der Waals surface area contributed by atoms with Crippen molar-refractivity contribution in [3.63, 3.8) is 0 Å². The van der Waals surface area contributed by atoms with Gasteiger partial charge in [-0.15, -0.1) is 0 Å². The normalized spacial score (nSPS) is 19.2. The Hall–Kier alpha value is -1.30. The summed E-state index contributed by atoms with van der Waals surface area (Å²) in [6, 6.07) is 3.76. The van der Waals surface area contributed by atoms with Crippen LogP contribution in [0.15, 0.2) is 18.5 Å². The number of nitrogens with one attached hydrogen (secondary N) is 2. The average molecular weight is 313 g/mol. The molecule has 2 atom stereocenters. The Labute approximate surface area is 126 Å². The fourth-order valence-corrected chi connectivity index (χ4v) is 2.97. The third-order valence-electron chi connectivity index (χ3n) is 3.36. The predicted molar refractivity (Wildman–Crippen MR) is 77.2 cm³/mol. The quantitative estimate of drug-likeness (QED) is 0.913. The highest BCUT2D eigenvalue weighted by molar-refractivity contribution is 6.35. The minimum atomic E-state index is 0.0474. The number of nitrogens with zero attached hydrogens (tertiary/aromatic N) is 2. The maximum absolute atomic E-state index is 6.18. The first-order chi connectivity index (χ1) is 9.65. The number of benzene rings is 1. The van der Waals surface area contributed by atoms with E-state index in [1.165, 1.54) is 6.33 Å². The van der Waals surface area contributed by atoms with Gasteiger partial charge in [-0.05, 0) is 19.1 Å². The number of ether oxygens (including phenoxy) is 1. The van der Waals surface area contributed by atoms with E-state index in [1.807, 2.05) is 13.0 Å². The van der Waals surface area contributed by atoms with Gasteiger partial charge in [0.15, 0.2) is 0 Å². The second kappa shape index (κ2) is 5.60. The van der Waals surface area contributed by atoms with Crippen LogP contribution in [0.3, 0.4) is 0 Å². The van der Waals surface area contributed by atoms with Gasteiger partial charge in [0.25, 0.3) is 0 Å². The highest BCUT2D eigenvalue weighted by Crippen LogP contribution is 2.40. The van der Waals surface area contributed by atoms with Crippen LogP contribution in [0, 0.1) is 0 Å². The van der Waals surface area contributed by atoms with Gasteiger partial charge in [0.2, 0.25) is 0 Å². The number of aromatic amines is 1. The zero-order valence-corrected chi connectivity index (χ0v) is 12.4. The second-order valence-electron chi connectivity index (χ2n) is 4.75. The van der Waals surface area contributed by atoms with Gasteiger partial charge in [0.1, 0.15) is 17.9 Å². The van der Waals surface area contributed by atoms with Gasteiger partial charge in [0, 0.05) is 23.0 Å². The number of hydrogen-bond acceptors (Lipinski definition) is 4. The van der Waals surface area contributed by atoms with Crippen molar-refractivity contribution in [1.29, 1.82) is 0 Å². The molecular formula is C13H14Cl2N4O. The molecule has 0 fully saturated rings. The van der Waals surface area contributed by atoms with Gasteiger partial charge in [-0.2, -0.15) is 5.10 Å². The van der Waals surface area contributed by atoms with Crippen LogP contribution in [0.1, 0.15) is 36.8 Å². The van der Waals surface area contributed by atoms with E-state index >= 15 is 0 Å². The van der Waals surface area contributed by atoms with Gasteiger partial charge in [-0.1, -0.05) is 23.2 Å². The summed E-state index contributed by atoms with van der Waals surface area (Å²) >= 11 is 12.3. The van der Waals surface area contributed by atoms with Gasteiger partial charge in [0.05, 0.1) is 17.7 Å². The van der Waals surface area contributed by atoms with Crippen LogP contribution in [-0.4, -0.2) is 21.8 Å². The van der Waals surface area contributed by atoms with Gasteiger partial charge in [-0.3, -0.25) is 5.10 Å². The molecule has 1 aromatic heterocycles. The summed E-state index contributed by atoms with van der Waals surface area (Å²) in [7, 11) is 0. The summed E-state index contributed by atoms with van der Waals surface area (Å²) in [6.07, 6.45) is 2.35. The molecular weight excluding hydrogens is 299 g/mol. The molecule has 3 rings (SSSR count). The average Bonchev–Trinajstić information content (AvgIpc) is 2.93. The molecule has 2 unspecified atom stereocenters. The Balaban J connectivity index is 1.86. The standard InChI is InChI=1S/C13H14Cl2N4O/c1-7(13-16-6-17-19-13)18-11-2-3-20-12-9(11)4-8(14)5-10(12)15/h4-7,11,18H,2-3H2,1H3,(H,16,17,19). The number of H-pyrrole nitrogens is 1. The minimum absolute atomic E-state index is 0.0474. The monoisotopic (exact) mass is 312 g/mol. The molecule has 0 spiro atoms. The van der Waals surface area contributed by atoms with Crippen molar-refractivity contribution < 1.29 is 4.74 Å². The molecule has 20 heavy (non-hydrogen) atoms. The number of halogens is 2. The minimum Gasteiger partial charge on any atom is -0.492 e. The first kappa shape index (κ1) is 13.7. The molecule has 2 aromatic rings. The molecule has 0 radical (unpaired) electrons. The molecule has 0 bridgehead atoms. The van der Waals surface area contributed by atoms with E-state index in [9.17, 15) is 0 Å². The van der Waals surface area contributed by atoms with E-state index in [0.29, 0.717) is 22.4 Å². The van der Waals surface area contributed by atoms with Crippen molar-refractivity contribution in [3.05, 3.63) is 39.9 Å². The molecule has 0 saturated heterocycles. The van der Waals surface area contributed by atoms with Crippen molar-refractivity contribution in [3.8, 4) is 5.75 Å². The van der Waals surface area contributed by atoms with Crippen LogP contribution in [-0.2, 0) is 0 Å². The molecule has 5 nitrogen and oxygen atoms in total. The van der Waals surface area contributed by atoms with Gasteiger partial charge >= 0.3 is 0 Å². The molecule has 0 saturated carbocycles. The Morgan fingerprint density at radius 1 is 1.45 bits per heavy atom. The lowest BCUT2D eigenvalue weighted by molar-refractivity contribution is 0.245. The fourth-order valence-electron chi connectivity index (χ4n) is 2.40. The van der Waals surface area contributed by atoms with E-state index in [2.05, 4.69) is 20.5 Å². The van der Waals surface area contributed by atoms with Gasteiger partial charge < -0.3 is 10.1 Å². The molecule has 0 amide bonds. The van der Waals surface area contributed by atoms with Crippen molar-refractivity contribution in [2.75, 3.05) is 6.61 Å². The maximum Gasteiger partial charge on any atom is 0.142 e. The van der Waals surface area contributed by atoms with Gasteiger partial charge in [-0.25, -0.2) is 4.98 Å². The SMILES string of the molecule is CC(NC1CCOc2c(Cl)cc(Cl)cc21)c1ncn[nH]1. The number of hydrogen-bond donors (Lipinski definition) is 2. The lowest BCUT2D eigenvalue weighted by Gasteiger charge is -2.29. The van der Waals surface area contributed by atoms with Crippen LogP contribution in [0.25, 0.3) is 0 Å². The lowest BCUT2D eigenvalue weighted by atomic mass is 9.99. The first-order valence-electron chi connectivity index (χ1n) is 6.38. The van der Waals surface area contributed by atoms with Crippen LogP contribution in [0.5, 0.6) is 5.75 Å². The lowest BCUT2D eigenvalue weighted by Crippen LogP contribution is -2.30. The maximum atomic E-state index is 6.18. The van der Waals surface area contributed by atoms with Crippen molar-refractivity contribution in [1.82, 2.24) is 20.5 Å². The smallest absolute Gasteiger partial charge is 0.142 e. The predicted octanol–water partition coefficient (Wildman–Crippen LogP) is 3.29. The summed E-state index contributed by atoms with van der Waals surface area (Å²) in [5.74, 6) is 1.51. The largest absolute Gasteiger partial charge is 0.492 e. The first-order valence-corrected chi connectivity index (χ1v) is 7.14. The zero-order chi connectivity index (χ0) is 14.1. The molecule has 106 valence electrons. The summed E-state index contributed by atoms with van der Waals surface area (Å²) < 4.78 is 5.65. The molecule has 2 N–H and O–H groups in total. The zero-order valence-electron chi connectivity index (χ0n) is 10.9. The molecule has 1 aromatic carbocycles. The van der Waals surface area contributed by atoms with Crippen LogP contribution in [0.2, 0.25) is 10.0 Å². The third-order valence-corrected chi connectivity index (χ3v) is 3.86. The Morgan fingerprint density at radius 3 is 3.05 bits per heavy atom. The summed E-state index contributed by atoms with van der Waals surface area (Å²) in [6.45, 7) is 2.65. The van der Waals surface area contributed by atoms with E-state index in [1.54, 1.807) is 6.07 Å². The molecule has 2 heterocycles. The summed E-state index contributed by atoms with van der Waals surface area (Å²) in [5.41, 5.74) is 0.986. The van der Waals surface area contributed by atoms with Crippen molar-refractivity contribution in [2.45, 2.75) is 25.4 Å². The Kier molecular flexibility index (Phi) is 3.83. The Bertz CT molecular complexity index is 603. The van der Waals surface area contributed by atoms with E-state index in [-0.39, 0.29) is 12.1 Å². The number of fused-ring (bicyclic) bond motifs is 1. The van der Waals surface area contributed by atoms with Crippen molar-refractivity contribution >= 4 is 23.2 Å². The third kappa shape index (κ3) is 2.61. The topological polar surface area (TPSA) is 62.8 Å². The van der Waals surface area contributed by atoms with Crippen LogP contribution >= 0.6 is 23.2 Å². The molecule has 1 aliphatic heterocycles. The molecule has 7 heteroatoms. The van der Waals surface area contributed by atoms with Crippen LogP contribution < -0.4 is 10.1 Å². The van der Waals surface area contributed by atoms with Crippen molar-refractivity contribution in [2.24, 2.45) is 0 Å². The summed E-state index contributed by atoms with van der Waals surface area (Å²) in [5, 5.41) is 11.4. The van der Waals surface area contributed by atoms with Crippen LogP contribution in [0.4, 0.5) is 0 Å². The highest BCUT2D eigenvalue weighted by Gasteiger charge is 2.26. The molecule has 0 aliphatic carbocycles. The second-order valence-corrected chi connectivity index (χ2v) is 5.60. The fraction of sp³-hybridized carbons (Fsp3) is 0.385. The number of rotatable bonds is 3. The Morgan fingerprint density at radius 2 is 2.30 bits per heavy atom. The number of aromatic nitrogens is 3. The highest BCUT2D eigenvalue weighted by atomic mass is 35.5.